The van der Waals surface area contributed by atoms with E-state index in [2.05, 4.69) is 45.1 Å². The fraction of sp³-hybridized carbons (Fsp3) is 0.440. The fourth-order valence-corrected chi connectivity index (χ4v) is 3.16. The summed E-state index contributed by atoms with van der Waals surface area (Å²) in [4.78, 5) is 24.8. The first-order valence-corrected chi connectivity index (χ1v) is 10.6. The lowest BCUT2D eigenvalue weighted by molar-refractivity contribution is -0.152. The monoisotopic (exact) mass is 427 g/mol. The van der Waals surface area contributed by atoms with Crippen LogP contribution in [0.5, 0.6) is 5.75 Å². The minimum absolute atomic E-state index is 0.179. The van der Waals surface area contributed by atoms with Crippen LogP contribution >= 0.6 is 0 Å². The molecule has 0 aliphatic heterocycles. The Balaban J connectivity index is 2.09. The molecule has 6 nitrogen and oxygen atoms in total. The van der Waals surface area contributed by atoms with E-state index >= 15 is 0 Å². The lowest BCUT2D eigenvalue weighted by Gasteiger charge is -2.20. The van der Waals surface area contributed by atoms with E-state index in [1.54, 1.807) is 31.2 Å². The first kappa shape index (κ1) is 24.4. The number of amides is 1. The van der Waals surface area contributed by atoms with Crippen molar-refractivity contribution in [2.75, 3.05) is 25.6 Å². The van der Waals surface area contributed by atoms with Gasteiger partial charge in [0.1, 0.15) is 12.4 Å². The molecule has 6 heteroatoms. The normalized spacial score (nSPS) is 12.0. The summed E-state index contributed by atoms with van der Waals surface area (Å²) in [5.41, 5.74) is 3.61. The van der Waals surface area contributed by atoms with Gasteiger partial charge in [-0.1, -0.05) is 45.9 Å². The summed E-state index contributed by atoms with van der Waals surface area (Å²) >= 11 is 0. The molecule has 0 aliphatic rings. The molecule has 0 saturated carbocycles. The number of rotatable bonds is 10. The molecule has 1 N–H and O–H groups in total. The maximum absolute atomic E-state index is 12.9. The number of hydrogen-bond donors (Lipinski definition) is 1. The second kappa shape index (κ2) is 11.5. The van der Waals surface area contributed by atoms with E-state index in [9.17, 15) is 9.59 Å². The van der Waals surface area contributed by atoms with Crippen LogP contribution in [0.2, 0.25) is 0 Å². The van der Waals surface area contributed by atoms with Gasteiger partial charge in [0.25, 0.3) is 5.91 Å². The van der Waals surface area contributed by atoms with Crippen molar-refractivity contribution in [1.29, 1.82) is 0 Å². The highest BCUT2D eigenvalue weighted by Crippen LogP contribution is 2.32. The lowest BCUT2D eigenvalue weighted by Crippen LogP contribution is -2.27. The molecule has 1 atom stereocenters. The fourth-order valence-electron chi connectivity index (χ4n) is 3.16. The average Bonchev–Trinajstić information content (AvgIpc) is 2.74. The second-order valence-corrected chi connectivity index (χ2v) is 8.02. The van der Waals surface area contributed by atoms with Crippen molar-refractivity contribution < 1.29 is 23.8 Å². The molecule has 0 bridgehead atoms. The van der Waals surface area contributed by atoms with E-state index in [0.29, 0.717) is 17.9 Å². The maximum atomic E-state index is 12.9. The molecule has 2 aromatic carbocycles. The molecule has 2 rings (SSSR count). The number of hydrogen-bond acceptors (Lipinski definition) is 5. The third-order valence-corrected chi connectivity index (χ3v) is 4.90. The highest BCUT2D eigenvalue weighted by Gasteiger charge is 2.18. The number of anilines is 1. The summed E-state index contributed by atoms with van der Waals surface area (Å²) in [6.45, 7) is 10.6. The predicted octanol–water partition coefficient (Wildman–Crippen LogP) is 5.14. The molecule has 2 aromatic rings. The van der Waals surface area contributed by atoms with E-state index in [-0.39, 0.29) is 24.3 Å². The Kier molecular flexibility index (Phi) is 9.06. The molecule has 0 radical (unpaired) electrons. The molecule has 168 valence electrons. The number of methoxy groups -OCH3 is 1. The second-order valence-electron chi connectivity index (χ2n) is 8.02. The van der Waals surface area contributed by atoms with E-state index in [1.807, 2.05) is 6.07 Å². The predicted molar refractivity (Wildman–Crippen MR) is 122 cm³/mol. The molecule has 0 spiro atoms. The molecule has 31 heavy (non-hydrogen) atoms. The Hall–Kier alpha value is -2.86. The molecular formula is C25H33NO5. The van der Waals surface area contributed by atoms with Gasteiger partial charge in [-0.05, 0) is 54.2 Å². The van der Waals surface area contributed by atoms with Gasteiger partial charge in [-0.25, -0.2) is 4.79 Å². The van der Waals surface area contributed by atoms with E-state index in [1.165, 1.54) is 7.11 Å². The molecule has 0 aromatic heterocycles. The largest absolute Gasteiger partial charge is 0.479 e. The number of ether oxygens (including phenoxy) is 3. The van der Waals surface area contributed by atoms with Gasteiger partial charge in [0.15, 0.2) is 6.10 Å². The van der Waals surface area contributed by atoms with Crippen LogP contribution in [0.1, 0.15) is 67.9 Å². The van der Waals surface area contributed by atoms with Crippen LogP contribution in [0.4, 0.5) is 5.69 Å². The number of benzene rings is 2. The summed E-state index contributed by atoms with van der Waals surface area (Å²) in [6, 6.07) is 12.8. The maximum Gasteiger partial charge on any atom is 0.347 e. The number of esters is 1. The van der Waals surface area contributed by atoms with Crippen LogP contribution in [0.15, 0.2) is 42.5 Å². The van der Waals surface area contributed by atoms with Crippen molar-refractivity contribution >= 4 is 17.6 Å². The van der Waals surface area contributed by atoms with E-state index < -0.39 is 12.1 Å². The van der Waals surface area contributed by atoms with Gasteiger partial charge in [0, 0.05) is 18.4 Å². The molecule has 0 unspecified atom stereocenters. The smallest absolute Gasteiger partial charge is 0.347 e. The molecule has 0 heterocycles. The quantitative estimate of drug-likeness (QED) is 0.420. The number of para-hydroxylation sites is 1. The van der Waals surface area contributed by atoms with Crippen molar-refractivity contribution in [3.63, 3.8) is 0 Å². The number of carbonyl (C=O) groups excluding carboxylic acids is 2. The molecule has 0 saturated heterocycles. The van der Waals surface area contributed by atoms with Crippen molar-refractivity contribution in [3.8, 4) is 5.75 Å². The van der Waals surface area contributed by atoms with Gasteiger partial charge < -0.3 is 19.5 Å². The van der Waals surface area contributed by atoms with Crippen molar-refractivity contribution in [2.24, 2.45) is 0 Å². The Morgan fingerprint density at radius 1 is 0.871 bits per heavy atom. The zero-order chi connectivity index (χ0) is 23.0. The van der Waals surface area contributed by atoms with Crippen LogP contribution in [0.3, 0.4) is 0 Å². The highest BCUT2D eigenvalue weighted by molar-refractivity contribution is 6.05. The summed E-state index contributed by atoms with van der Waals surface area (Å²) in [5, 5.41) is 3.10. The summed E-state index contributed by atoms with van der Waals surface area (Å²) in [7, 11) is 1.54. The van der Waals surface area contributed by atoms with Crippen molar-refractivity contribution in [3.05, 3.63) is 59.2 Å². The Morgan fingerprint density at radius 2 is 1.45 bits per heavy atom. The summed E-state index contributed by atoms with van der Waals surface area (Å²) < 4.78 is 15.5. The van der Waals surface area contributed by atoms with Crippen molar-refractivity contribution in [1.82, 2.24) is 0 Å². The first-order valence-electron chi connectivity index (χ1n) is 10.6. The van der Waals surface area contributed by atoms with E-state index in [0.717, 1.165) is 16.8 Å². The Labute approximate surface area is 184 Å². The standard InChI is InChI=1S/C25H33NO5/c1-16(2)21-8-7-9-22(17(3)4)23(21)26-24(27)19-10-12-20(13-11-19)31-18(5)25(28)30-15-14-29-6/h7-13,16-18H,14-15H2,1-6H3,(H,26,27)/t18-/m1/s1. The third-order valence-electron chi connectivity index (χ3n) is 4.90. The average molecular weight is 428 g/mol. The summed E-state index contributed by atoms with van der Waals surface area (Å²) in [5.74, 6) is 0.405. The van der Waals surface area contributed by atoms with Gasteiger partial charge in [-0.2, -0.15) is 0 Å². The molecule has 1 amide bonds. The molecular weight excluding hydrogens is 394 g/mol. The zero-order valence-corrected chi connectivity index (χ0v) is 19.2. The summed E-state index contributed by atoms with van der Waals surface area (Å²) in [6.07, 6.45) is -0.761. The van der Waals surface area contributed by atoms with Crippen molar-refractivity contribution in [2.45, 2.75) is 52.6 Å². The van der Waals surface area contributed by atoms with Crippen LogP contribution in [-0.2, 0) is 14.3 Å². The number of carbonyl (C=O) groups is 2. The van der Waals surface area contributed by atoms with Crippen LogP contribution in [0, 0.1) is 0 Å². The third kappa shape index (κ3) is 6.82. The minimum Gasteiger partial charge on any atom is -0.479 e. The van der Waals surface area contributed by atoms with Crippen LogP contribution < -0.4 is 10.1 Å². The first-order chi connectivity index (χ1) is 14.7. The molecule has 0 aliphatic carbocycles. The van der Waals surface area contributed by atoms with Gasteiger partial charge in [0.2, 0.25) is 0 Å². The minimum atomic E-state index is -0.761. The lowest BCUT2D eigenvalue weighted by atomic mass is 9.92. The van der Waals surface area contributed by atoms with Gasteiger partial charge in [0.05, 0.1) is 6.61 Å². The van der Waals surface area contributed by atoms with Crippen LogP contribution in [-0.4, -0.2) is 38.3 Å². The topological polar surface area (TPSA) is 73.9 Å². The van der Waals surface area contributed by atoms with Crippen LogP contribution in [0.25, 0.3) is 0 Å². The van der Waals surface area contributed by atoms with E-state index in [4.69, 9.17) is 14.2 Å². The zero-order valence-electron chi connectivity index (χ0n) is 19.2. The molecule has 0 fully saturated rings. The Bertz CT molecular complexity index is 848. The van der Waals surface area contributed by atoms with Gasteiger partial charge in [-0.15, -0.1) is 0 Å². The highest BCUT2D eigenvalue weighted by atomic mass is 16.6. The Morgan fingerprint density at radius 3 is 1.97 bits per heavy atom. The van der Waals surface area contributed by atoms with Gasteiger partial charge in [-0.3, -0.25) is 4.79 Å². The number of nitrogens with one attached hydrogen (secondary N) is 1. The SMILES string of the molecule is COCCOC(=O)[C@@H](C)Oc1ccc(C(=O)Nc2c(C(C)C)cccc2C(C)C)cc1. The van der Waals surface area contributed by atoms with Gasteiger partial charge >= 0.3 is 5.97 Å².